The average Bonchev–Trinajstić information content (AvgIpc) is 2.79. The second-order valence-electron chi connectivity index (χ2n) is 5.27. The molecule has 1 saturated carbocycles. The quantitative estimate of drug-likeness (QED) is 0.573. The third-order valence-corrected chi connectivity index (χ3v) is 3.75. The van der Waals surface area contributed by atoms with E-state index in [1.165, 1.54) is 63.4 Å². The molecule has 0 amide bonds. The molecule has 0 aromatic carbocycles. The highest BCUT2D eigenvalue weighted by Crippen LogP contribution is 2.31. The molecule has 0 spiro atoms. The maximum atomic E-state index is 3.41. The van der Waals surface area contributed by atoms with E-state index in [0.717, 1.165) is 6.42 Å². The normalized spacial score (nSPS) is 20.2. The molecule has 0 atom stereocenters. The first-order valence-corrected chi connectivity index (χ1v) is 7.30. The topological polar surface area (TPSA) is 0 Å². The first kappa shape index (κ1) is 12.5. The summed E-state index contributed by atoms with van der Waals surface area (Å²) in [5, 5.41) is 0. The highest BCUT2D eigenvalue weighted by molar-refractivity contribution is 5.43. The number of hydrogen-bond donors (Lipinski definition) is 0. The molecule has 0 saturated heterocycles. The summed E-state index contributed by atoms with van der Waals surface area (Å²) in [6.07, 6.45) is 15.4. The van der Waals surface area contributed by atoms with Gasteiger partial charge in [-0.05, 0) is 56.9 Å². The molecule has 0 bridgehead atoms. The van der Waals surface area contributed by atoms with E-state index in [9.17, 15) is 0 Å². The van der Waals surface area contributed by atoms with Gasteiger partial charge in [0.05, 0.1) is 0 Å². The van der Waals surface area contributed by atoms with Crippen molar-refractivity contribution in [3.8, 4) is 11.8 Å². The smallest absolute Gasteiger partial charge is 0.00897 e. The summed E-state index contributed by atoms with van der Waals surface area (Å²) < 4.78 is 0. The van der Waals surface area contributed by atoms with Crippen LogP contribution in [0.15, 0.2) is 22.8 Å². The van der Waals surface area contributed by atoms with Gasteiger partial charge < -0.3 is 0 Å². The molecule has 2 rings (SSSR count). The fourth-order valence-corrected chi connectivity index (χ4v) is 2.76. The van der Waals surface area contributed by atoms with Crippen molar-refractivity contribution in [3.05, 3.63) is 22.8 Å². The zero-order valence-corrected chi connectivity index (χ0v) is 11.1. The summed E-state index contributed by atoms with van der Waals surface area (Å²) in [7, 11) is 0. The van der Waals surface area contributed by atoms with Gasteiger partial charge in [-0.3, -0.25) is 0 Å². The molecule has 0 aromatic heterocycles. The third-order valence-electron chi connectivity index (χ3n) is 3.75. The van der Waals surface area contributed by atoms with E-state index in [2.05, 4.69) is 24.8 Å². The lowest BCUT2D eigenvalue weighted by atomic mass is 9.93. The monoisotopic (exact) mass is 228 g/mol. The Kier molecular flexibility index (Phi) is 4.92. The largest absolute Gasteiger partial charge is 0.0982 e. The lowest BCUT2D eigenvalue weighted by Crippen LogP contribution is -1.94. The standard InChI is InChI=1S/C17H24/c1-2-3-5-11-16-12-8-13-17(16)14-15-9-6-4-7-10-15/h14H,2-4,6-10,12-13H2,1H3. The molecule has 0 aliphatic heterocycles. The molecule has 0 radical (unpaired) electrons. The van der Waals surface area contributed by atoms with Crippen molar-refractivity contribution in [1.29, 1.82) is 0 Å². The SMILES string of the molecule is CCCC#CC1=C(C=C2CCCCC2)CCC1. The van der Waals surface area contributed by atoms with Gasteiger partial charge in [-0.2, -0.15) is 0 Å². The Balaban J connectivity index is 2.06. The Bertz CT molecular complexity index is 363. The fraction of sp³-hybridized carbons (Fsp3) is 0.647. The van der Waals surface area contributed by atoms with E-state index < -0.39 is 0 Å². The molecule has 0 heterocycles. The minimum Gasteiger partial charge on any atom is -0.0982 e. The van der Waals surface area contributed by atoms with Crippen molar-refractivity contribution in [2.75, 3.05) is 0 Å². The van der Waals surface area contributed by atoms with Gasteiger partial charge in [0.15, 0.2) is 0 Å². The molecule has 0 aromatic rings. The van der Waals surface area contributed by atoms with Crippen molar-refractivity contribution in [1.82, 2.24) is 0 Å². The van der Waals surface area contributed by atoms with E-state index in [1.54, 1.807) is 11.1 Å². The molecule has 0 nitrogen and oxygen atoms in total. The highest BCUT2D eigenvalue weighted by Gasteiger charge is 2.13. The zero-order valence-electron chi connectivity index (χ0n) is 11.1. The van der Waals surface area contributed by atoms with Crippen LogP contribution >= 0.6 is 0 Å². The van der Waals surface area contributed by atoms with Crippen LogP contribution in [0, 0.1) is 11.8 Å². The summed E-state index contributed by atoms with van der Waals surface area (Å²) in [6, 6.07) is 0. The molecular formula is C17H24. The van der Waals surface area contributed by atoms with Gasteiger partial charge in [0.2, 0.25) is 0 Å². The molecule has 2 aliphatic rings. The molecule has 0 N–H and O–H groups in total. The molecule has 92 valence electrons. The van der Waals surface area contributed by atoms with Crippen LogP contribution in [-0.4, -0.2) is 0 Å². The Hall–Kier alpha value is -0.960. The Morgan fingerprint density at radius 1 is 1.00 bits per heavy atom. The van der Waals surface area contributed by atoms with Crippen molar-refractivity contribution in [2.45, 2.75) is 71.1 Å². The van der Waals surface area contributed by atoms with Gasteiger partial charge >= 0.3 is 0 Å². The first-order valence-electron chi connectivity index (χ1n) is 7.30. The summed E-state index contributed by atoms with van der Waals surface area (Å²) in [6.45, 7) is 2.20. The summed E-state index contributed by atoms with van der Waals surface area (Å²) in [5.74, 6) is 6.71. The second kappa shape index (κ2) is 6.70. The van der Waals surface area contributed by atoms with Crippen LogP contribution in [0.3, 0.4) is 0 Å². The zero-order chi connectivity index (χ0) is 11.9. The van der Waals surface area contributed by atoms with E-state index >= 15 is 0 Å². The number of allylic oxidation sites excluding steroid dienone is 4. The van der Waals surface area contributed by atoms with Crippen molar-refractivity contribution in [2.24, 2.45) is 0 Å². The van der Waals surface area contributed by atoms with Crippen LogP contribution in [0.2, 0.25) is 0 Å². The Morgan fingerprint density at radius 2 is 1.82 bits per heavy atom. The summed E-state index contributed by atoms with van der Waals surface area (Å²) in [5.41, 5.74) is 4.69. The minimum atomic E-state index is 1.05. The maximum absolute atomic E-state index is 3.41. The van der Waals surface area contributed by atoms with Gasteiger partial charge in [-0.15, -0.1) is 0 Å². The second-order valence-corrected chi connectivity index (χ2v) is 5.27. The highest BCUT2D eigenvalue weighted by atomic mass is 14.2. The minimum absolute atomic E-state index is 1.05. The number of hydrogen-bond acceptors (Lipinski definition) is 0. The van der Waals surface area contributed by atoms with E-state index in [4.69, 9.17) is 0 Å². The van der Waals surface area contributed by atoms with E-state index in [-0.39, 0.29) is 0 Å². The molecule has 17 heavy (non-hydrogen) atoms. The molecular weight excluding hydrogens is 204 g/mol. The van der Waals surface area contributed by atoms with E-state index in [0.29, 0.717) is 0 Å². The van der Waals surface area contributed by atoms with Crippen molar-refractivity contribution in [3.63, 3.8) is 0 Å². The average molecular weight is 228 g/mol. The van der Waals surface area contributed by atoms with Crippen LogP contribution in [0.4, 0.5) is 0 Å². The van der Waals surface area contributed by atoms with Crippen LogP contribution in [0.1, 0.15) is 71.1 Å². The van der Waals surface area contributed by atoms with Gasteiger partial charge in [-0.1, -0.05) is 36.8 Å². The number of unbranched alkanes of at least 4 members (excludes halogenated alkanes) is 1. The van der Waals surface area contributed by atoms with Gasteiger partial charge in [0.1, 0.15) is 0 Å². The van der Waals surface area contributed by atoms with E-state index in [1.807, 2.05) is 0 Å². The van der Waals surface area contributed by atoms with Crippen LogP contribution in [0.5, 0.6) is 0 Å². The molecule has 1 fully saturated rings. The van der Waals surface area contributed by atoms with Crippen LogP contribution < -0.4 is 0 Å². The van der Waals surface area contributed by atoms with Gasteiger partial charge in [-0.25, -0.2) is 0 Å². The maximum Gasteiger partial charge on any atom is 0.00897 e. The Morgan fingerprint density at radius 3 is 2.59 bits per heavy atom. The number of rotatable bonds is 2. The van der Waals surface area contributed by atoms with Gasteiger partial charge in [0.25, 0.3) is 0 Å². The summed E-state index contributed by atoms with van der Waals surface area (Å²) in [4.78, 5) is 0. The predicted octanol–water partition coefficient (Wildman–Crippen LogP) is 5.16. The lowest BCUT2D eigenvalue weighted by molar-refractivity contribution is 0.598. The predicted molar refractivity (Wildman–Crippen MR) is 74.7 cm³/mol. The Labute approximate surface area is 106 Å². The molecule has 2 aliphatic carbocycles. The lowest BCUT2D eigenvalue weighted by Gasteiger charge is -2.13. The van der Waals surface area contributed by atoms with Crippen molar-refractivity contribution >= 4 is 0 Å². The fourth-order valence-electron chi connectivity index (χ4n) is 2.76. The summed E-state index contributed by atoms with van der Waals surface area (Å²) >= 11 is 0. The van der Waals surface area contributed by atoms with Crippen molar-refractivity contribution < 1.29 is 0 Å². The third kappa shape index (κ3) is 3.77. The van der Waals surface area contributed by atoms with Crippen LogP contribution in [-0.2, 0) is 0 Å². The molecule has 0 unspecified atom stereocenters. The van der Waals surface area contributed by atoms with Gasteiger partial charge in [0, 0.05) is 12.0 Å². The molecule has 0 heteroatoms. The van der Waals surface area contributed by atoms with Crippen LogP contribution in [0.25, 0.3) is 0 Å². The first-order chi connectivity index (χ1) is 8.40.